The van der Waals surface area contributed by atoms with Gasteiger partial charge < -0.3 is 5.32 Å². The fraction of sp³-hybridized carbons (Fsp3) is 0.444. The SMILES string of the molecule is CCCNCc1ccc(-c2ccc(C(C)(C)C)cc2)s1. The van der Waals surface area contributed by atoms with E-state index in [1.165, 1.54) is 27.3 Å². The van der Waals surface area contributed by atoms with Crippen LogP contribution in [0.3, 0.4) is 0 Å². The van der Waals surface area contributed by atoms with Crippen LogP contribution in [0.1, 0.15) is 44.6 Å². The molecule has 1 aromatic heterocycles. The molecule has 1 aromatic carbocycles. The highest BCUT2D eigenvalue weighted by Crippen LogP contribution is 2.30. The van der Waals surface area contributed by atoms with Crippen LogP contribution in [0.15, 0.2) is 36.4 Å². The molecule has 1 N–H and O–H groups in total. The summed E-state index contributed by atoms with van der Waals surface area (Å²) >= 11 is 1.89. The Bertz CT molecular complexity index is 531. The van der Waals surface area contributed by atoms with Crippen molar-refractivity contribution < 1.29 is 0 Å². The van der Waals surface area contributed by atoms with Crippen molar-refractivity contribution in [1.82, 2.24) is 5.32 Å². The van der Waals surface area contributed by atoms with Crippen LogP contribution in [0.25, 0.3) is 10.4 Å². The van der Waals surface area contributed by atoms with Crippen LogP contribution in [0, 0.1) is 0 Å². The van der Waals surface area contributed by atoms with Crippen molar-refractivity contribution in [2.45, 2.75) is 46.1 Å². The lowest BCUT2D eigenvalue weighted by molar-refractivity contribution is 0.590. The normalized spacial score (nSPS) is 11.8. The number of thiophene rings is 1. The van der Waals surface area contributed by atoms with Gasteiger partial charge in [-0.3, -0.25) is 0 Å². The fourth-order valence-corrected chi connectivity index (χ4v) is 3.13. The Morgan fingerprint density at radius 3 is 2.30 bits per heavy atom. The molecule has 108 valence electrons. The van der Waals surface area contributed by atoms with Crippen LogP contribution >= 0.6 is 11.3 Å². The van der Waals surface area contributed by atoms with Gasteiger partial charge in [0.15, 0.2) is 0 Å². The number of benzene rings is 1. The van der Waals surface area contributed by atoms with Crippen molar-refractivity contribution in [2.24, 2.45) is 0 Å². The predicted octanol–water partition coefficient (Wildman–Crippen LogP) is 5.21. The highest BCUT2D eigenvalue weighted by atomic mass is 32.1. The first kappa shape index (κ1) is 15.3. The average Bonchev–Trinajstić information content (AvgIpc) is 2.87. The van der Waals surface area contributed by atoms with Crippen molar-refractivity contribution in [3.05, 3.63) is 46.8 Å². The summed E-state index contributed by atoms with van der Waals surface area (Å²) in [6.45, 7) is 11.0. The Hall–Kier alpha value is -1.12. The van der Waals surface area contributed by atoms with E-state index in [4.69, 9.17) is 0 Å². The van der Waals surface area contributed by atoms with Gasteiger partial charge in [-0.2, -0.15) is 0 Å². The first-order valence-electron chi connectivity index (χ1n) is 7.41. The van der Waals surface area contributed by atoms with Crippen LogP contribution in [0.4, 0.5) is 0 Å². The van der Waals surface area contributed by atoms with Gasteiger partial charge in [0.25, 0.3) is 0 Å². The molecule has 0 radical (unpaired) electrons. The lowest BCUT2D eigenvalue weighted by atomic mass is 9.86. The smallest absolute Gasteiger partial charge is 0.0346 e. The van der Waals surface area contributed by atoms with Crippen molar-refractivity contribution >= 4 is 11.3 Å². The molecular weight excluding hydrogens is 262 g/mol. The van der Waals surface area contributed by atoms with E-state index in [0.29, 0.717) is 0 Å². The van der Waals surface area contributed by atoms with E-state index in [2.05, 4.69) is 69.4 Å². The Labute approximate surface area is 127 Å². The zero-order chi connectivity index (χ0) is 14.6. The lowest BCUT2D eigenvalue weighted by Gasteiger charge is -2.18. The van der Waals surface area contributed by atoms with Gasteiger partial charge >= 0.3 is 0 Å². The Balaban J connectivity index is 2.08. The van der Waals surface area contributed by atoms with Crippen LogP contribution < -0.4 is 5.32 Å². The van der Waals surface area contributed by atoms with Gasteiger partial charge in [0.2, 0.25) is 0 Å². The molecule has 0 aliphatic carbocycles. The summed E-state index contributed by atoms with van der Waals surface area (Å²) in [6.07, 6.45) is 1.19. The van der Waals surface area contributed by atoms with Crippen LogP contribution in [-0.2, 0) is 12.0 Å². The first-order valence-corrected chi connectivity index (χ1v) is 8.22. The Kier molecular flexibility index (Phi) is 5.00. The maximum absolute atomic E-state index is 3.46. The second-order valence-corrected chi connectivity index (χ2v) is 7.44. The summed E-state index contributed by atoms with van der Waals surface area (Å²) in [5.74, 6) is 0. The minimum Gasteiger partial charge on any atom is -0.312 e. The summed E-state index contributed by atoms with van der Waals surface area (Å²) in [5.41, 5.74) is 2.94. The molecule has 1 nitrogen and oxygen atoms in total. The van der Waals surface area contributed by atoms with Crippen molar-refractivity contribution in [2.75, 3.05) is 6.54 Å². The fourth-order valence-electron chi connectivity index (χ4n) is 2.15. The van der Waals surface area contributed by atoms with E-state index in [-0.39, 0.29) is 5.41 Å². The highest BCUT2D eigenvalue weighted by molar-refractivity contribution is 7.15. The molecule has 0 aliphatic heterocycles. The molecule has 20 heavy (non-hydrogen) atoms. The monoisotopic (exact) mass is 287 g/mol. The lowest BCUT2D eigenvalue weighted by Crippen LogP contribution is -2.12. The summed E-state index contributed by atoms with van der Waals surface area (Å²) in [4.78, 5) is 2.77. The zero-order valence-corrected chi connectivity index (χ0v) is 13.8. The largest absolute Gasteiger partial charge is 0.312 e. The Morgan fingerprint density at radius 2 is 1.70 bits per heavy atom. The topological polar surface area (TPSA) is 12.0 Å². The first-order chi connectivity index (χ1) is 9.50. The minimum absolute atomic E-state index is 0.225. The predicted molar refractivity (Wildman–Crippen MR) is 90.5 cm³/mol. The molecule has 0 amide bonds. The molecule has 0 bridgehead atoms. The van der Waals surface area contributed by atoms with E-state index >= 15 is 0 Å². The van der Waals surface area contributed by atoms with Gasteiger partial charge in [0.1, 0.15) is 0 Å². The molecule has 0 spiro atoms. The number of nitrogens with one attached hydrogen (secondary N) is 1. The molecule has 1 heterocycles. The molecule has 0 aliphatic rings. The maximum Gasteiger partial charge on any atom is 0.0346 e. The summed E-state index contributed by atoms with van der Waals surface area (Å²) in [6, 6.07) is 13.5. The number of hydrogen-bond donors (Lipinski definition) is 1. The number of hydrogen-bond acceptors (Lipinski definition) is 2. The summed E-state index contributed by atoms with van der Waals surface area (Å²) in [7, 11) is 0. The zero-order valence-electron chi connectivity index (χ0n) is 13.0. The minimum atomic E-state index is 0.225. The van der Waals surface area contributed by atoms with Gasteiger partial charge in [-0.15, -0.1) is 11.3 Å². The van der Waals surface area contributed by atoms with Crippen LogP contribution in [0.2, 0.25) is 0 Å². The molecule has 2 rings (SSSR count). The summed E-state index contributed by atoms with van der Waals surface area (Å²) < 4.78 is 0. The molecule has 2 heteroatoms. The standard InChI is InChI=1S/C18H25NS/c1-5-12-19-13-16-10-11-17(20-16)14-6-8-15(9-7-14)18(2,3)4/h6-11,19H,5,12-13H2,1-4H3. The molecule has 0 fully saturated rings. The quantitative estimate of drug-likeness (QED) is 0.744. The molecule has 0 saturated carbocycles. The van der Waals surface area contributed by atoms with E-state index in [0.717, 1.165) is 13.1 Å². The van der Waals surface area contributed by atoms with Gasteiger partial charge in [0, 0.05) is 16.3 Å². The van der Waals surface area contributed by atoms with Gasteiger partial charge in [-0.25, -0.2) is 0 Å². The third-order valence-electron chi connectivity index (χ3n) is 3.42. The van der Waals surface area contributed by atoms with Crippen molar-refractivity contribution in [3.63, 3.8) is 0 Å². The van der Waals surface area contributed by atoms with Gasteiger partial charge in [-0.1, -0.05) is 52.0 Å². The van der Waals surface area contributed by atoms with E-state index in [9.17, 15) is 0 Å². The maximum atomic E-state index is 3.46. The molecule has 0 atom stereocenters. The molecule has 0 unspecified atom stereocenters. The van der Waals surface area contributed by atoms with Gasteiger partial charge in [0.05, 0.1) is 0 Å². The second kappa shape index (κ2) is 6.55. The molecular formula is C18H25NS. The molecule has 2 aromatic rings. The van der Waals surface area contributed by atoms with Gasteiger partial charge in [-0.05, 0) is 41.6 Å². The third kappa shape index (κ3) is 3.94. The highest BCUT2D eigenvalue weighted by Gasteiger charge is 2.13. The third-order valence-corrected chi connectivity index (χ3v) is 4.56. The summed E-state index contributed by atoms with van der Waals surface area (Å²) in [5, 5.41) is 3.46. The number of rotatable bonds is 5. The molecule has 0 saturated heterocycles. The van der Waals surface area contributed by atoms with Crippen molar-refractivity contribution in [3.8, 4) is 10.4 Å². The Morgan fingerprint density at radius 1 is 1.00 bits per heavy atom. The van der Waals surface area contributed by atoms with E-state index in [1.54, 1.807) is 0 Å². The van der Waals surface area contributed by atoms with E-state index < -0.39 is 0 Å². The average molecular weight is 287 g/mol. The second-order valence-electron chi connectivity index (χ2n) is 6.27. The van der Waals surface area contributed by atoms with Crippen LogP contribution in [0.5, 0.6) is 0 Å². The van der Waals surface area contributed by atoms with Crippen LogP contribution in [-0.4, -0.2) is 6.54 Å². The van der Waals surface area contributed by atoms with E-state index in [1.807, 2.05) is 11.3 Å². The van der Waals surface area contributed by atoms with Crippen molar-refractivity contribution in [1.29, 1.82) is 0 Å².